The zero-order valence-electron chi connectivity index (χ0n) is 22.3. The Morgan fingerprint density at radius 1 is 0.375 bits per heavy atom. The summed E-state index contributed by atoms with van der Waals surface area (Å²) in [6.45, 7) is 0. The molecule has 0 N–H and O–H groups in total. The maximum Gasteiger partial charge on any atom is 0.0566 e. The molecule has 1 aliphatic rings. The van der Waals surface area contributed by atoms with Gasteiger partial charge in [-0.3, -0.25) is 0 Å². The molecule has 6 aromatic rings. The quantitative estimate of drug-likeness (QED) is 0.216. The molecule has 0 spiro atoms. The summed E-state index contributed by atoms with van der Waals surface area (Å²) in [6.07, 6.45) is 0. The second-order valence-corrected chi connectivity index (χ2v) is 10.5. The molecule has 6 aromatic carbocycles. The van der Waals surface area contributed by atoms with Gasteiger partial charge in [0, 0.05) is 5.92 Å². The molecule has 0 saturated carbocycles. The number of hydrogen-bond donors (Lipinski definition) is 0. The summed E-state index contributed by atoms with van der Waals surface area (Å²) in [6, 6.07) is 64.4. The zero-order chi connectivity index (χ0) is 26.8. The Kier molecular flexibility index (Phi) is 6.22. The fraction of sp³-hybridized carbons (Fsp3) is 0.0500. The van der Waals surface area contributed by atoms with Gasteiger partial charge in [-0.25, -0.2) is 0 Å². The summed E-state index contributed by atoms with van der Waals surface area (Å²) in [7, 11) is 0. The van der Waals surface area contributed by atoms with Crippen molar-refractivity contribution in [2.24, 2.45) is 0 Å². The van der Waals surface area contributed by atoms with Gasteiger partial charge in [0.05, 0.1) is 5.41 Å². The van der Waals surface area contributed by atoms with E-state index >= 15 is 0 Å². The normalized spacial score (nSPS) is 15.8. The van der Waals surface area contributed by atoms with E-state index < -0.39 is 5.41 Å². The van der Waals surface area contributed by atoms with Crippen LogP contribution in [0.1, 0.15) is 44.9 Å². The molecule has 40 heavy (non-hydrogen) atoms. The third-order valence-corrected chi connectivity index (χ3v) is 8.35. The van der Waals surface area contributed by atoms with Crippen LogP contribution in [0.2, 0.25) is 0 Å². The molecule has 0 heterocycles. The Morgan fingerprint density at radius 3 is 1.35 bits per heavy atom. The largest absolute Gasteiger partial charge is 0.0622 e. The van der Waals surface area contributed by atoms with Gasteiger partial charge in [-0.2, -0.15) is 0 Å². The molecule has 7 rings (SSSR count). The van der Waals surface area contributed by atoms with E-state index in [1.54, 1.807) is 0 Å². The van der Waals surface area contributed by atoms with Crippen molar-refractivity contribution in [1.29, 1.82) is 0 Å². The molecular formula is C40H30. The molecule has 0 bridgehead atoms. The first-order chi connectivity index (χ1) is 19.9. The molecule has 0 aromatic heterocycles. The Hall–Kier alpha value is -4.94. The Labute approximate surface area is 236 Å². The van der Waals surface area contributed by atoms with Gasteiger partial charge in [0.25, 0.3) is 0 Å². The molecule has 0 amide bonds. The lowest BCUT2D eigenvalue weighted by molar-refractivity contribution is 0.554. The minimum Gasteiger partial charge on any atom is -0.0622 e. The first kappa shape index (κ1) is 24.1. The highest BCUT2D eigenvalue weighted by Gasteiger charge is 2.51. The van der Waals surface area contributed by atoms with Crippen LogP contribution >= 0.6 is 0 Å². The van der Waals surface area contributed by atoms with Crippen LogP contribution in [-0.4, -0.2) is 0 Å². The van der Waals surface area contributed by atoms with Crippen molar-refractivity contribution in [2.45, 2.75) is 11.3 Å². The van der Waals surface area contributed by atoms with Crippen LogP contribution in [0.5, 0.6) is 0 Å². The van der Waals surface area contributed by atoms with E-state index in [4.69, 9.17) is 0 Å². The fourth-order valence-corrected chi connectivity index (χ4v) is 6.83. The molecule has 0 heteroatoms. The first-order valence-corrected chi connectivity index (χ1v) is 14.0. The van der Waals surface area contributed by atoms with Crippen LogP contribution in [0.4, 0.5) is 0 Å². The SMILES string of the molecule is c1ccc(C2=C(c3ccccc3)[C@H](c3ccccc3)C(c3ccccc3)(c3ccccc3)c3ccccc32)cc1. The van der Waals surface area contributed by atoms with Gasteiger partial charge >= 0.3 is 0 Å². The van der Waals surface area contributed by atoms with Crippen molar-refractivity contribution in [3.8, 4) is 0 Å². The lowest BCUT2D eigenvalue weighted by Crippen LogP contribution is -2.40. The highest BCUT2D eigenvalue weighted by Crippen LogP contribution is 2.61. The van der Waals surface area contributed by atoms with E-state index in [1.807, 2.05) is 0 Å². The van der Waals surface area contributed by atoms with Crippen LogP contribution in [0.15, 0.2) is 176 Å². The van der Waals surface area contributed by atoms with Gasteiger partial charge in [0.15, 0.2) is 0 Å². The van der Waals surface area contributed by atoms with E-state index in [0.717, 1.165) is 0 Å². The second kappa shape index (κ2) is 10.3. The van der Waals surface area contributed by atoms with Crippen LogP contribution in [-0.2, 0) is 5.41 Å². The summed E-state index contributed by atoms with van der Waals surface area (Å²) in [5, 5.41) is 0. The molecular weight excluding hydrogens is 480 g/mol. The van der Waals surface area contributed by atoms with Crippen molar-refractivity contribution in [3.63, 3.8) is 0 Å². The Balaban J connectivity index is 1.73. The topological polar surface area (TPSA) is 0 Å². The smallest absolute Gasteiger partial charge is 0.0566 e. The van der Waals surface area contributed by atoms with E-state index in [2.05, 4.69) is 176 Å². The predicted octanol–water partition coefficient (Wildman–Crippen LogP) is 9.78. The van der Waals surface area contributed by atoms with Gasteiger partial charge in [-0.05, 0) is 50.1 Å². The first-order valence-electron chi connectivity index (χ1n) is 14.0. The summed E-state index contributed by atoms with van der Waals surface area (Å²) in [4.78, 5) is 0. The van der Waals surface area contributed by atoms with Crippen LogP contribution in [0.25, 0.3) is 11.1 Å². The average Bonchev–Trinajstić information content (AvgIpc) is 3.05. The molecule has 190 valence electrons. The van der Waals surface area contributed by atoms with E-state index in [1.165, 1.54) is 50.1 Å². The van der Waals surface area contributed by atoms with E-state index in [9.17, 15) is 0 Å². The van der Waals surface area contributed by atoms with Gasteiger partial charge in [-0.1, -0.05) is 176 Å². The van der Waals surface area contributed by atoms with Gasteiger partial charge in [0.1, 0.15) is 0 Å². The molecule has 0 saturated heterocycles. The van der Waals surface area contributed by atoms with E-state index in [0.29, 0.717) is 0 Å². The van der Waals surface area contributed by atoms with Gasteiger partial charge in [0.2, 0.25) is 0 Å². The van der Waals surface area contributed by atoms with Crippen molar-refractivity contribution in [2.75, 3.05) is 0 Å². The monoisotopic (exact) mass is 510 g/mol. The van der Waals surface area contributed by atoms with Crippen molar-refractivity contribution >= 4 is 11.1 Å². The van der Waals surface area contributed by atoms with Gasteiger partial charge < -0.3 is 0 Å². The lowest BCUT2D eigenvalue weighted by Gasteiger charge is -2.49. The maximum absolute atomic E-state index is 2.36. The standard InChI is InChI=1S/C40H30/c1-6-18-30(19-7-1)37-35-28-16-17-29-36(35)40(33-24-12-4-13-25-33,34-26-14-5-15-27-34)39(32-22-10-3-11-23-32)38(37)31-20-8-2-9-21-31/h1-29,39H/t39-/m0/s1. The van der Waals surface area contributed by atoms with Crippen LogP contribution in [0.3, 0.4) is 0 Å². The van der Waals surface area contributed by atoms with Gasteiger partial charge in [-0.15, -0.1) is 0 Å². The predicted molar refractivity (Wildman–Crippen MR) is 167 cm³/mol. The summed E-state index contributed by atoms with van der Waals surface area (Å²) in [5.41, 5.74) is 11.2. The minimum absolute atomic E-state index is 0.0195. The van der Waals surface area contributed by atoms with Crippen molar-refractivity contribution in [1.82, 2.24) is 0 Å². The number of hydrogen-bond acceptors (Lipinski definition) is 0. The highest BCUT2D eigenvalue weighted by molar-refractivity contribution is 6.05. The molecule has 1 atom stereocenters. The zero-order valence-corrected chi connectivity index (χ0v) is 22.3. The summed E-state index contributed by atoms with van der Waals surface area (Å²) < 4.78 is 0. The molecule has 0 aliphatic heterocycles. The lowest BCUT2D eigenvalue weighted by atomic mass is 9.52. The summed E-state index contributed by atoms with van der Waals surface area (Å²) in [5.74, 6) is 0.0195. The van der Waals surface area contributed by atoms with E-state index in [-0.39, 0.29) is 5.92 Å². The van der Waals surface area contributed by atoms with Crippen molar-refractivity contribution < 1.29 is 0 Å². The number of fused-ring (bicyclic) bond motifs is 1. The maximum atomic E-state index is 2.36. The minimum atomic E-state index is -0.454. The second-order valence-electron chi connectivity index (χ2n) is 10.5. The highest BCUT2D eigenvalue weighted by atomic mass is 14.5. The fourth-order valence-electron chi connectivity index (χ4n) is 6.83. The molecule has 0 fully saturated rings. The third kappa shape index (κ3) is 3.84. The number of allylic oxidation sites excluding steroid dienone is 1. The van der Waals surface area contributed by atoms with Crippen LogP contribution < -0.4 is 0 Å². The van der Waals surface area contributed by atoms with Crippen LogP contribution in [0, 0.1) is 0 Å². The van der Waals surface area contributed by atoms with Crippen molar-refractivity contribution in [3.05, 3.63) is 215 Å². The Morgan fingerprint density at radius 2 is 0.800 bits per heavy atom. The molecule has 0 unspecified atom stereocenters. The third-order valence-electron chi connectivity index (χ3n) is 8.35. The number of rotatable bonds is 5. The Bertz CT molecular complexity index is 1710. The summed E-state index contributed by atoms with van der Waals surface area (Å²) >= 11 is 0. The average molecular weight is 511 g/mol. The number of benzene rings is 6. The molecule has 0 radical (unpaired) electrons. The molecule has 1 aliphatic carbocycles. The molecule has 0 nitrogen and oxygen atoms in total.